The Labute approximate surface area is 224 Å². The zero-order valence-electron chi connectivity index (χ0n) is 23.9. The standard InChI is InChI=1S/C23H44NP.C7H12.Ti/c1-21(2,3)14-17-25(18-15-22(4,5)6,19-16-23(7,8)9)24-20-12-10-11-13-20;1-3-5-7-6-4-2;/h10-12H,13-19H2,1-9H3;3,5,7H,1,4,6H2,2H3;. The molecule has 0 N–H and O–H groups in total. The van der Waals surface area contributed by atoms with Gasteiger partial charge in [0.15, 0.2) is 0 Å². The van der Waals surface area contributed by atoms with Gasteiger partial charge < -0.3 is 0 Å². The summed E-state index contributed by atoms with van der Waals surface area (Å²) < 4.78 is 5.53. The number of nitrogens with zero attached hydrogens (tertiary/aromatic N) is 1. The fourth-order valence-electron chi connectivity index (χ4n) is 3.26. The fraction of sp³-hybridized carbons (Fsp3) is 0.733. The van der Waals surface area contributed by atoms with E-state index >= 15 is 0 Å². The summed E-state index contributed by atoms with van der Waals surface area (Å²) in [5.74, 6) is 0. The van der Waals surface area contributed by atoms with Crippen molar-refractivity contribution in [1.82, 2.24) is 0 Å². The number of rotatable bonds is 10. The van der Waals surface area contributed by atoms with Gasteiger partial charge in [0.25, 0.3) is 0 Å². The summed E-state index contributed by atoms with van der Waals surface area (Å²) in [5, 5.41) is 0. The second-order valence-electron chi connectivity index (χ2n) is 13.0. The fourth-order valence-corrected chi connectivity index (χ4v) is 8.18. The molecule has 190 valence electrons. The van der Waals surface area contributed by atoms with Crippen molar-refractivity contribution in [3.05, 3.63) is 48.7 Å². The zero-order valence-corrected chi connectivity index (χ0v) is 26.4. The van der Waals surface area contributed by atoms with E-state index in [0.717, 1.165) is 6.42 Å². The van der Waals surface area contributed by atoms with Crippen LogP contribution in [0.3, 0.4) is 0 Å². The molecule has 0 fully saturated rings. The Kier molecular flexibility index (Phi) is 17.6. The summed E-state index contributed by atoms with van der Waals surface area (Å²) in [4.78, 5) is 0. The SMILES string of the molecule is C=CC=CCCC.CC(C)(C)CCP(CCC(C)(C)C)(CCC(C)(C)C)=NC1=CC=CC1.[Ti]. The van der Waals surface area contributed by atoms with Crippen molar-refractivity contribution >= 4 is 7.05 Å². The van der Waals surface area contributed by atoms with Crippen LogP contribution in [0, 0.1) is 16.2 Å². The molecule has 0 amide bonds. The minimum Gasteiger partial charge on any atom is -0.272 e. The first-order valence-corrected chi connectivity index (χ1v) is 15.1. The van der Waals surface area contributed by atoms with Gasteiger partial charge in [0.1, 0.15) is 0 Å². The molecule has 0 aromatic heterocycles. The normalized spacial score (nSPS) is 14.4. The molecule has 0 atom stereocenters. The average molecular weight is 510 g/mol. The van der Waals surface area contributed by atoms with E-state index in [1.165, 1.54) is 56.3 Å². The Morgan fingerprint density at radius 2 is 1.33 bits per heavy atom. The zero-order chi connectivity index (χ0) is 24.9. The maximum Gasteiger partial charge on any atom is 0.0425 e. The second-order valence-corrected chi connectivity index (χ2v) is 16.8. The first-order valence-electron chi connectivity index (χ1n) is 12.8. The summed E-state index contributed by atoms with van der Waals surface area (Å²) in [6.45, 7) is 27.1. The largest absolute Gasteiger partial charge is 0.272 e. The van der Waals surface area contributed by atoms with Gasteiger partial charge in [0.2, 0.25) is 0 Å². The molecule has 0 bridgehead atoms. The quantitative estimate of drug-likeness (QED) is 0.158. The van der Waals surface area contributed by atoms with Gasteiger partial charge in [0, 0.05) is 33.8 Å². The van der Waals surface area contributed by atoms with E-state index < -0.39 is 7.05 Å². The maximum atomic E-state index is 5.53. The maximum absolute atomic E-state index is 5.53. The molecule has 0 saturated carbocycles. The number of hydrogen-bond donors (Lipinski definition) is 0. The number of allylic oxidation sites excluding steroid dienone is 6. The third-order valence-electron chi connectivity index (χ3n) is 5.65. The van der Waals surface area contributed by atoms with Crippen LogP contribution in [0.15, 0.2) is 53.5 Å². The molecule has 1 rings (SSSR count). The van der Waals surface area contributed by atoms with Crippen LogP contribution >= 0.6 is 7.05 Å². The van der Waals surface area contributed by atoms with E-state index in [4.69, 9.17) is 4.74 Å². The Hall–Kier alpha value is -0.0957. The third kappa shape index (κ3) is 20.9. The van der Waals surface area contributed by atoms with Gasteiger partial charge in [0.05, 0.1) is 0 Å². The molecule has 33 heavy (non-hydrogen) atoms. The predicted molar refractivity (Wildman–Crippen MR) is 152 cm³/mol. The van der Waals surface area contributed by atoms with E-state index in [2.05, 4.69) is 100 Å². The van der Waals surface area contributed by atoms with Crippen LogP contribution < -0.4 is 0 Å². The monoisotopic (exact) mass is 509 g/mol. The molecule has 1 aliphatic rings. The summed E-state index contributed by atoms with van der Waals surface area (Å²) in [5.41, 5.74) is 2.52. The Morgan fingerprint density at radius 1 is 0.879 bits per heavy atom. The molecule has 0 unspecified atom stereocenters. The van der Waals surface area contributed by atoms with Crippen LogP contribution in [0.1, 0.15) is 108 Å². The number of unbranched alkanes of at least 4 members (excludes halogenated alkanes) is 1. The molecule has 0 spiro atoms. The van der Waals surface area contributed by atoms with E-state index in [1.54, 1.807) is 6.08 Å². The van der Waals surface area contributed by atoms with Crippen molar-refractivity contribution in [2.75, 3.05) is 18.5 Å². The Morgan fingerprint density at radius 3 is 1.64 bits per heavy atom. The minimum absolute atomic E-state index is 0. The van der Waals surface area contributed by atoms with Crippen LogP contribution in [0.4, 0.5) is 0 Å². The molecular weight excluding hydrogens is 453 g/mol. The smallest absolute Gasteiger partial charge is 0.0425 e. The van der Waals surface area contributed by atoms with Gasteiger partial charge in [-0.25, -0.2) is 0 Å². The molecule has 1 aliphatic carbocycles. The first kappa shape index (κ1) is 35.1. The van der Waals surface area contributed by atoms with Gasteiger partial charge >= 0.3 is 0 Å². The summed E-state index contributed by atoms with van der Waals surface area (Å²) in [6, 6.07) is 0. The van der Waals surface area contributed by atoms with E-state index in [-0.39, 0.29) is 21.7 Å². The summed E-state index contributed by atoms with van der Waals surface area (Å²) in [6.07, 6.45) is 23.9. The molecule has 0 aromatic carbocycles. The second kappa shape index (κ2) is 16.6. The van der Waals surface area contributed by atoms with Crippen LogP contribution in [0.2, 0.25) is 0 Å². The van der Waals surface area contributed by atoms with E-state index in [0.29, 0.717) is 16.2 Å². The summed E-state index contributed by atoms with van der Waals surface area (Å²) in [7, 11) is -1.32. The van der Waals surface area contributed by atoms with Gasteiger partial charge in [-0.15, -0.1) is 0 Å². The Balaban J connectivity index is 0. The van der Waals surface area contributed by atoms with Crippen molar-refractivity contribution < 1.29 is 21.7 Å². The van der Waals surface area contributed by atoms with Crippen molar-refractivity contribution in [1.29, 1.82) is 0 Å². The van der Waals surface area contributed by atoms with Gasteiger partial charge in [-0.1, -0.05) is 113 Å². The summed E-state index contributed by atoms with van der Waals surface area (Å²) >= 11 is 0. The Bertz CT molecular complexity index is 623. The molecule has 0 radical (unpaired) electrons. The van der Waals surface area contributed by atoms with Crippen molar-refractivity contribution in [3.63, 3.8) is 0 Å². The van der Waals surface area contributed by atoms with Gasteiger partial charge in [-0.05, 0) is 73.5 Å². The van der Waals surface area contributed by atoms with Crippen molar-refractivity contribution in [2.24, 2.45) is 21.0 Å². The molecule has 0 aromatic rings. The molecular formula is C30H56NPTi. The van der Waals surface area contributed by atoms with E-state index in [9.17, 15) is 0 Å². The molecule has 1 nitrogen and oxygen atoms in total. The van der Waals surface area contributed by atoms with Crippen LogP contribution in [0.25, 0.3) is 0 Å². The minimum atomic E-state index is -1.32. The average Bonchev–Trinajstić information content (AvgIpc) is 3.15. The van der Waals surface area contributed by atoms with Crippen molar-refractivity contribution in [3.8, 4) is 0 Å². The van der Waals surface area contributed by atoms with Crippen molar-refractivity contribution in [2.45, 2.75) is 108 Å². The molecule has 0 aliphatic heterocycles. The molecule has 0 saturated heterocycles. The van der Waals surface area contributed by atoms with Crippen LogP contribution in [-0.2, 0) is 21.7 Å². The van der Waals surface area contributed by atoms with Gasteiger partial charge in [-0.3, -0.25) is 4.74 Å². The van der Waals surface area contributed by atoms with Gasteiger partial charge in [-0.2, -0.15) is 0 Å². The van der Waals surface area contributed by atoms with Crippen LogP contribution in [-0.4, -0.2) is 18.5 Å². The number of hydrogen-bond acceptors (Lipinski definition) is 1. The first-order chi connectivity index (χ1) is 14.6. The molecule has 3 heteroatoms. The molecule has 0 heterocycles. The van der Waals surface area contributed by atoms with E-state index in [1.807, 2.05) is 6.08 Å². The topological polar surface area (TPSA) is 12.4 Å². The predicted octanol–water partition coefficient (Wildman–Crippen LogP) is 10.9. The van der Waals surface area contributed by atoms with Crippen LogP contribution in [0.5, 0.6) is 0 Å². The third-order valence-corrected chi connectivity index (χ3v) is 9.50.